The monoisotopic (exact) mass is 320 g/mol. The van der Waals surface area contributed by atoms with E-state index >= 15 is 0 Å². The maximum atomic E-state index is 5.90. The van der Waals surface area contributed by atoms with Gasteiger partial charge in [0.2, 0.25) is 11.8 Å². The van der Waals surface area contributed by atoms with E-state index in [0.29, 0.717) is 16.8 Å². The van der Waals surface area contributed by atoms with Crippen molar-refractivity contribution in [1.29, 1.82) is 0 Å². The van der Waals surface area contributed by atoms with Crippen LogP contribution < -0.4 is 0 Å². The summed E-state index contributed by atoms with van der Waals surface area (Å²) in [4.78, 5) is 0. The van der Waals surface area contributed by atoms with E-state index in [2.05, 4.69) is 26.1 Å². The first-order valence-electron chi connectivity index (χ1n) is 4.51. The van der Waals surface area contributed by atoms with Gasteiger partial charge in [-0.3, -0.25) is 0 Å². The normalized spacial score (nSPS) is 12.8. The Morgan fingerprint density at radius 3 is 2.75 bits per heavy atom. The first-order chi connectivity index (χ1) is 7.58. The van der Waals surface area contributed by atoms with E-state index in [1.807, 2.05) is 6.07 Å². The third-order valence-corrected chi connectivity index (χ3v) is 3.05. The van der Waals surface area contributed by atoms with Gasteiger partial charge in [-0.1, -0.05) is 11.6 Å². The first kappa shape index (κ1) is 11.9. The molecule has 0 radical (unpaired) electrons. The summed E-state index contributed by atoms with van der Waals surface area (Å²) in [5.41, 5.74) is 0.753. The quantitative estimate of drug-likeness (QED) is 0.767. The van der Waals surface area contributed by atoms with Gasteiger partial charge in [0.1, 0.15) is 5.38 Å². The molecule has 0 fully saturated rings. The van der Waals surface area contributed by atoms with Crippen LogP contribution in [0.15, 0.2) is 27.1 Å². The van der Waals surface area contributed by atoms with Crippen LogP contribution in [0, 0.1) is 0 Å². The molecule has 0 spiro atoms. The lowest BCUT2D eigenvalue weighted by Crippen LogP contribution is -1.81. The maximum absolute atomic E-state index is 5.90. The molecule has 0 aliphatic rings. The zero-order valence-corrected chi connectivity index (χ0v) is 11.3. The van der Waals surface area contributed by atoms with Gasteiger partial charge in [0.15, 0.2) is 0 Å². The van der Waals surface area contributed by atoms with E-state index in [1.54, 1.807) is 19.1 Å². The van der Waals surface area contributed by atoms with Gasteiger partial charge in [0.25, 0.3) is 0 Å². The van der Waals surface area contributed by atoms with Crippen molar-refractivity contribution >= 4 is 39.1 Å². The molecule has 16 heavy (non-hydrogen) atoms. The van der Waals surface area contributed by atoms with Gasteiger partial charge >= 0.3 is 0 Å². The maximum Gasteiger partial charge on any atom is 0.249 e. The van der Waals surface area contributed by atoms with Crippen LogP contribution in [0.5, 0.6) is 0 Å². The topological polar surface area (TPSA) is 38.9 Å². The van der Waals surface area contributed by atoms with Crippen LogP contribution in [0.1, 0.15) is 18.2 Å². The van der Waals surface area contributed by atoms with Crippen LogP contribution in [0.3, 0.4) is 0 Å². The Hall–Kier alpha value is -0.580. The molecule has 0 saturated heterocycles. The van der Waals surface area contributed by atoms with Crippen molar-refractivity contribution in [2.24, 2.45) is 0 Å². The Morgan fingerprint density at radius 1 is 1.38 bits per heavy atom. The Labute approximate surface area is 111 Å². The number of hydrogen-bond acceptors (Lipinski definition) is 3. The van der Waals surface area contributed by atoms with Gasteiger partial charge in [-0.15, -0.1) is 21.8 Å². The molecule has 0 saturated carbocycles. The summed E-state index contributed by atoms with van der Waals surface area (Å²) in [7, 11) is 0. The molecule has 3 nitrogen and oxygen atoms in total. The van der Waals surface area contributed by atoms with Crippen LogP contribution in [-0.2, 0) is 0 Å². The molecule has 6 heteroatoms. The van der Waals surface area contributed by atoms with Crippen molar-refractivity contribution in [1.82, 2.24) is 10.2 Å². The predicted octanol–water partition coefficient (Wildman–Crippen LogP) is 4.45. The fraction of sp³-hybridized carbons (Fsp3) is 0.200. The largest absolute Gasteiger partial charge is 0.419 e. The van der Waals surface area contributed by atoms with Gasteiger partial charge in [0, 0.05) is 9.50 Å². The second kappa shape index (κ2) is 4.73. The van der Waals surface area contributed by atoms with Crippen LogP contribution in [0.2, 0.25) is 5.02 Å². The van der Waals surface area contributed by atoms with Gasteiger partial charge in [-0.05, 0) is 41.1 Å². The second-order valence-corrected chi connectivity index (χ2v) is 5.13. The highest BCUT2D eigenvalue weighted by Gasteiger charge is 2.14. The Balaban J connectivity index is 2.46. The number of hydrogen-bond donors (Lipinski definition) is 0. The van der Waals surface area contributed by atoms with E-state index in [9.17, 15) is 0 Å². The minimum absolute atomic E-state index is 0.306. The zero-order valence-electron chi connectivity index (χ0n) is 8.25. The smallest absolute Gasteiger partial charge is 0.249 e. The summed E-state index contributed by atoms with van der Waals surface area (Å²) in [5.74, 6) is 0.792. The standard InChI is InChI=1S/C10H7BrCl2N2O/c1-5(12)9-14-15-10(16-9)7-4-6(13)2-3-8(7)11/h2-5H,1H3. The lowest BCUT2D eigenvalue weighted by Gasteiger charge is -1.99. The van der Waals surface area contributed by atoms with E-state index in [4.69, 9.17) is 27.6 Å². The molecular weight excluding hydrogens is 315 g/mol. The summed E-state index contributed by atoms with van der Waals surface area (Å²) < 4.78 is 6.27. The Morgan fingerprint density at radius 2 is 2.12 bits per heavy atom. The average Bonchev–Trinajstić information content (AvgIpc) is 2.70. The Bertz CT molecular complexity index is 513. The molecular formula is C10H7BrCl2N2O. The molecule has 1 unspecified atom stereocenters. The summed E-state index contributed by atoms with van der Waals surface area (Å²) in [5, 5.41) is 8.07. The third kappa shape index (κ3) is 2.39. The minimum Gasteiger partial charge on any atom is -0.419 e. The van der Waals surface area contributed by atoms with Crippen molar-refractivity contribution in [2.75, 3.05) is 0 Å². The number of rotatable bonds is 2. The molecule has 2 rings (SSSR count). The van der Waals surface area contributed by atoms with Crippen LogP contribution in [0.4, 0.5) is 0 Å². The highest BCUT2D eigenvalue weighted by Crippen LogP contribution is 2.31. The minimum atomic E-state index is -0.306. The first-order valence-corrected chi connectivity index (χ1v) is 6.11. The fourth-order valence-electron chi connectivity index (χ4n) is 1.17. The molecule has 0 aliphatic heterocycles. The van der Waals surface area contributed by atoms with E-state index in [0.717, 1.165) is 10.0 Å². The highest BCUT2D eigenvalue weighted by molar-refractivity contribution is 9.10. The van der Waals surface area contributed by atoms with Gasteiger partial charge in [-0.25, -0.2) is 0 Å². The molecule has 0 bridgehead atoms. The molecule has 1 atom stereocenters. The van der Waals surface area contributed by atoms with Gasteiger partial charge in [0.05, 0.1) is 5.56 Å². The summed E-state index contributed by atoms with van der Waals surface area (Å²) in [6.45, 7) is 1.77. The van der Waals surface area contributed by atoms with Crippen LogP contribution in [-0.4, -0.2) is 10.2 Å². The van der Waals surface area contributed by atoms with E-state index in [-0.39, 0.29) is 5.38 Å². The third-order valence-electron chi connectivity index (χ3n) is 1.94. The molecule has 0 aliphatic carbocycles. The molecule has 84 valence electrons. The van der Waals surface area contributed by atoms with Gasteiger partial charge < -0.3 is 4.42 Å². The Kier molecular flexibility index (Phi) is 3.52. The zero-order chi connectivity index (χ0) is 11.7. The number of alkyl halides is 1. The average molecular weight is 322 g/mol. The second-order valence-electron chi connectivity index (χ2n) is 3.19. The molecule has 1 heterocycles. The predicted molar refractivity (Wildman–Crippen MR) is 66.7 cm³/mol. The number of benzene rings is 1. The van der Waals surface area contributed by atoms with Crippen molar-refractivity contribution < 1.29 is 4.42 Å². The van der Waals surface area contributed by atoms with Crippen molar-refractivity contribution in [3.8, 4) is 11.5 Å². The van der Waals surface area contributed by atoms with Crippen molar-refractivity contribution in [3.63, 3.8) is 0 Å². The summed E-state index contributed by atoms with van der Waals surface area (Å²) >= 11 is 15.1. The molecule has 0 amide bonds. The van der Waals surface area contributed by atoms with Crippen LogP contribution in [0.25, 0.3) is 11.5 Å². The van der Waals surface area contributed by atoms with E-state index in [1.165, 1.54) is 0 Å². The summed E-state index contributed by atoms with van der Waals surface area (Å²) in [6, 6.07) is 5.35. The fourth-order valence-corrected chi connectivity index (χ4v) is 1.84. The van der Waals surface area contributed by atoms with Crippen molar-refractivity contribution in [3.05, 3.63) is 33.6 Å². The van der Waals surface area contributed by atoms with Crippen molar-refractivity contribution in [2.45, 2.75) is 12.3 Å². The number of halogens is 3. The lowest BCUT2D eigenvalue weighted by molar-refractivity contribution is 0.507. The molecule has 1 aromatic carbocycles. The SMILES string of the molecule is CC(Cl)c1nnc(-c2cc(Cl)ccc2Br)o1. The molecule has 1 aromatic heterocycles. The van der Waals surface area contributed by atoms with E-state index < -0.39 is 0 Å². The van der Waals surface area contributed by atoms with Gasteiger partial charge in [-0.2, -0.15) is 0 Å². The molecule has 0 N–H and O–H groups in total. The van der Waals surface area contributed by atoms with Crippen LogP contribution >= 0.6 is 39.1 Å². The highest BCUT2D eigenvalue weighted by atomic mass is 79.9. The molecule has 2 aromatic rings. The number of aromatic nitrogens is 2. The number of nitrogens with zero attached hydrogens (tertiary/aromatic N) is 2. The summed E-state index contributed by atoms with van der Waals surface area (Å²) in [6.07, 6.45) is 0. The lowest BCUT2D eigenvalue weighted by atomic mass is 10.2.